The average molecular weight is 370 g/mol. The summed E-state index contributed by atoms with van der Waals surface area (Å²) in [6.07, 6.45) is 1.73. The van der Waals surface area contributed by atoms with E-state index in [-0.39, 0.29) is 29.4 Å². The van der Waals surface area contributed by atoms with Gasteiger partial charge in [-0.3, -0.25) is 9.69 Å². The molecule has 0 spiro atoms. The molecule has 5 nitrogen and oxygen atoms in total. The van der Waals surface area contributed by atoms with Gasteiger partial charge in [0.15, 0.2) is 0 Å². The van der Waals surface area contributed by atoms with Gasteiger partial charge in [-0.25, -0.2) is 9.18 Å². The lowest BCUT2D eigenvalue weighted by molar-refractivity contribution is -0.126. The predicted molar refractivity (Wildman–Crippen MR) is 99.8 cm³/mol. The van der Waals surface area contributed by atoms with Gasteiger partial charge in [-0.05, 0) is 61.7 Å². The number of carbonyl (C=O) groups is 2. The number of carboxylic acids is 1. The molecule has 1 unspecified atom stereocenters. The molecule has 2 aromatic rings. The van der Waals surface area contributed by atoms with Gasteiger partial charge in [-0.2, -0.15) is 0 Å². The van der Waals surface area contributed by atoms with Crippen molar-refractivity contribution >= 4 is 11.9 Å². The standard InChI is InChI=1S/C21H23FN2O3/c1-14(16-6-8-17(9-7-16)21(26)27)23-20(25)19-3-2-12-24(19)13-15-4-10-18(22)11-5-15/h4-11,14,19H,2-3,12-13H2,1H3,(H,23,25)(H,26,27)/t14-,19?/m0/s1. The summed E-state index contributed by atoms with van der Waals surface area (Å²) in [5, 5.41) is 12.0. The van der Waals surface area contributed by atoms with Crippen LogP contribution >= 0.6 is 0 Å². The number of nitrogens with one attached hydrogen (secondary N) is 1. The van der Waals surface area contributed by atoms with Crippen molar-refractivity contribution in [1.82, 2.24) is 10.2 Å². The van der Waals surface area contributed by atoms with Crippen molar-refractivity contribution in [3.05, 3.63) is 71.0 Å². The van der Waals surface area contributed by atoms with Gasteiger partial charge in [0.05, 0.1) is 17.6 Å². The lowest BCUT2D eigenvalue weighted by Gasteiger charge is -2.25. The smallest absolute Gasteiger partial charge is 0.335 e. The number of hydrogen-bond donors (Lipinski definition) is 2. The molecule has 1 aliphatic heterocycles. The second kappa shape index (κ2) is 8.31. The Morgan fingerprint density at radius 3 is 2.48 bits per heavy atom. The quantitative estimate of drug-likeness (QED) is 0.818. The van der Waals surface area contributed by atoms with Crippen LogP contribution in [-0.2, 0) is 11.3 Å². The van der Waals surface area contributed by atoms with E-state index in [1.165, 1.54) is 24.3 Å². The number of amides is 1. The lowest BCUT2D eigenvalue weighted by atomic mass is 10.1. The maximum absolute atomic E-state index is 13.1. The first kappa shape index (κ1) is 19.0. The molecular formula is C21H23FN2O3. The predicted octanol–water partition coefficient (Wildman–Crippen LogP) is 3.37. The van der Waals surface area contributed by atoms with Gasteiger partial charge < -0.3 is 10.4 Å². The number of halogens is 1. The number of benzene rings is 2. The summed E-state index contributed by atoms with van der Waals surface area (Å²) < 4.78 is 13.1. The third-order valence-electron chi connectivity index (χ3n) is 4.98. The Kier molecular flexibility index (Phi) is 5.86. The maximum Gasteiger partial charge on any atom is 0.335 e. The van der Waals surface area contributed by atoms with E-state index < -0.39 is 5.97 Å². The maximum atomic E-state index is 13.1. The van der Waals surface area contributed by atoms with Crippen LogP contribution in [0.2, 0.25) is 0 Å². The van der Waals surface area contributed by atoms with Crippen LogP contribution in [0, 0.1) is 5.82 Å². The van der Waals surface area contributed by atoms with Crippen molar-refractivity contribution in [2.75, 3.05) is 6.54 Å². The summed E-state index contributed by atoms with van der Waals surface area (Å²) in [4.78, 5) is 25.8. The van der Waals surface area contributed by atoms with E-state index in [1.807, 2.05) is 6.92 Å². The minimum atomic E-state index is -0.972. The summed E-state index contributed by atoms with van der Waals surface area (Å²) >= 11 is 0. The van der Waals surface area contributed by atoms with Gasteiger partial charge in [0.1, 0.15) is 5.82 Å². The van der Waals surface area contributed by atoms with Crippen LogP contribution in [0.5, 0.6) is 0 Å². The Labute approximate surface area is 157 Å². The Hall–Kier alpha value is -2.73. The molecule has 27 heavy (non-hydrogen) atoms. The fraction of sp³-hybridized carbons (Fsp3) is 0.333. The molecule has 1 saturated heterocycles. The minimum absolute atomic E-state index is 0.0376. The van der Waals surface area contributed by atoms with Crippen LogP contribution in [0.15, 0.2) is 48.5 Å². The third kappa shape index (κ3) is 4.71. The lowest BCUT2D eigenvalue weighted by Crippen LogP contribution is -2.43. The molecule has 1 amide bonds. The largest absolute Gasteiger partial charge is 0.478 e. The minimum Gasteiger partial charge on any atom is -0.478 e. The molecule has 2 aromatic carbocycles. The molecule has 0 radical (unpaired) electrons. The summed E-state index contributed by atoms with van der Waals surface area (Å²) in [7, 11) is 0. The van der Waals surface area contributed by atoms with Crippen LogP contribution in [0.25, 0.3) is 0 Å². The number of aromatic carboxylic acids is 1. The third-order valence-corrected chi connectivity index (χ3v) is 4.98. The van der Waals surface area contributed by atoms with Gasteiger partial charge in [-0.15, -0.1) is 0 Å². The van der Waals surface area contributed by atoms with Crippen LogP contribution in [0.3, 0.4) is 0 Å². The fourth-order valence-electron chi connectivity index (χ4n) is 3.44. The highest BCUT2D eigenvalue weighted by atomic mass is 19.1. The molecular weight excluding hydrogens is 347 g/mol. The molecule has 6 heteroatoms. The summed E-state index contributed by atoms with van der Waals surface area (Å²) in [5.41, 5.74) is 2.06. The average Bonchev–Trinajstić information content (AvgIpc) is 3.12. The number of hydrogen-bond acceptors (Lipinski definition) is 3. The monoisotopic (exact) mass is 370 g/mol. The molecule has 3 rings (SSSR count). The number of likely N-dealkylation sites (tertiary alicyclic amines) is 1. The zero-order valence-corrected chi connectivity index (χ0v) is 15.2. The zero-order chi connectivity index (χ0) is 19.4. The van der Waals surface area contributed by atoms with Crippen molar-refractivity contribution in [3.63, 3.8) is 0 Å². The van der Waals surface area contributed by atoms with Gasteiger partial charge in [0, 0.05) is 6.54 Å². The normalized spacial score (nSPS) is 18.2. The van der Waals surface area contributed by atoms with E-state index in [9.17, 15) is 14.0 Å². The molecule has 142 valence electrons. The Bertz CT molecular complexity index is 805. The van der Waals surface area contributed by atoms with Crippen molar-refractivity contribution < 1.29 is 19.1 Å². The van der Waals surface area contributed by atoms with E-state index in [1.54, 1.807) is 24.3 Å². The highest BCUT2D eigenvalue weighted by Gasteiger charge is 2.31. The SMILES string of the molecule is C[C@H](NC(=O)C1CCCN1Cc1ccc(F)cc1)c1ccc(C(=O)O)cc1. The van der Waals surface area contributed by atoms with E-state index in [0.29, 0.717) is 6.54 Å². The summed E-state index contributed by atoms with van der Waals surface area (Å²) in [6.45, 7) is 3.32. The van der Waals surface area contributed by atoms with Crippen LogP contribution in [-0.4, -0.2) is 34.5 Å². The van der Waals surface area contributed by atoms with E-state index >= 15 is 0 Å². The second-order valence-corrected chi connectivity index (χ2v) is 6.91. The first-order chi connectivity index (χ1) is 12.9. The number of rotatable bonds is 6. The number of nitrogens with zero attached hydrogens (tertiary/aromatic N) is 1. The Morgan fingerprint density at radius 1 is 1.19 bits per heavy atom. The molecule has 0 saturated carbocycles. The van der Waals surface area contributed by atoms with Crippen molar-refractivity contribution in [3.8, 4) is 0 Å². The van der Waals surface area contributed by atoms with Crippen LogP contribution in [0.1, 0.15) is 47.3 Å². The second-order valence-electron chi connectivity index (χ2n) is 6.91. The molecule has 2 atom stereocenters. The fourth-order valence-corrected chi connectivity index (χ4v) is 3.44. The van der Waals surface area contributed by atoms with Gasteiger partial charge in [0.2, 0.25) is 5.91 Å². The summed E-state index contributed by atoms with van der Waals surface area (Å²) in [6, 6.07) is 12.5. The molecule has 1 aliphatic rings. The first-order valence-corrected chi connectivity index (χ1v) is 9.06. The zero-order valence-electron chi connectivity index (χ0n) is 15.2. The molecule has 0 aromatic heterocycles. The first-order valence-electron chi connectivity index (χ1n) is 9.06. The molecule has 0 aliphatic carbocycles. The van der Waals surface area contributed by atoms with E-state index in [2.05, 4.69) is 10.2 Å². The van der Waals surface area contributed by atoms with Gasteiger partial charge in [-0.1, -0.05) is 24.3 Å². The highest BCUT2D eigenvalue weighted by molar-refractivity contribution is 5.87. The Balaban J connectivity index is 1.61. The molecule has 2 N–H and O–H groups in total. The topological polar surface area (TPSA) is 69.6 Å². The highest BCUT2D eigenvalue weighted by Crippen LogP contribution is 2.22. The molecule has 1 fully saturated rings. The van der Waals surface area contributed by atoms with E-state index in [0.717, 1.165) is 30.5 Å². The molecule has 0 bridgehead atoms. The van der Waals surface area contributed by atoms with Gasteiger partial charge >= 0.3 is 5.97 Å². The number of carbonyl (C=O) groups excluding carboxylic acids is 1. The molecule has 1 heterocycles. The van der Waals surface area contributed by atoms with Crippen molar-refractivity contribution in [2.24, 2.45) is 0 Å². The Morgan fingerprint density at radius 2 is 1.85 bits per heavy atom. The van der Waals surface area contributed by atoms with E-state index in [4.69, 9.17) is 5.11 Å². The summed E-state index contributed by atoms with van der Waals surface area (Å²) in [5.74, 6) is -1.28. The number of carboxylic acid groups (broad SMARTS) is 1. The van der Waals surface area contributed by atoms with Gasteiger partial charge in [0.25, 0.3) is 0 Å². The van der Waals surface area contributed by atoms with Crippen LogP contribution < -0.4 is 5.32 Å². The van der Waals surface area contributed by atoms with Crippen molar-refractivity contribution in [1.29, 1.82) is 0 Å². The van der Waals surface area contributed by atoms with Crippen molar-refractivity contribution in [2.45, 2.75) is 38.4 Å². The van der Waals surface area contributed by atoms with Crippen LogP contribution in [0.4, 0.5) is 4.39 Å².